The molecule has 1 unspecified atom stereocenters. The first-order valence-electron chi connectivity index (χ1n) is 6.08. The van der Waals surface area contributed by atoms with Crippen LogP contribution in [-0.4, -0.2) is 4.98 Å². The smallest absolute Gasteiger partial charge is 0.135 e. The molecule has 0 aliphatic heterocycles. The number of benzene rings is 1. The molecule has 2 nitrogen and oxygen atoms in total. The van der Waals surface area contributed by atoms with Gasteiger partial charge in [-0.3, -0.25) is 0 Å². The van der Waals surface area contributed by atoms with Crippen LogP contribution in [0.3, 0.4) is 0 Å². The van der Waals surface area contributed by atoms with Gasteiger partial charge in [-0.25, -0.2) is 4.98 Å². The Morgan fingerprint density at radius 2 is 1.95 bits per heavy atom. The average Bonchev–Trinajstić information content (AvgIpc) is 2.89. The Balaban J connectivity index is 1.88. The number of rotatable bonds is 3. The van der Waals surface area contributed by atoms with Gasteiger partial charge in [0.25, 0.3) is 0 Å². The van der Waals surface area contributed by atoms with E-state index in [1.807, 2.05) is 6.20 Å². The molecule has 0 bridgehead atoms. The second-order valence-electron chi connectivity index (χ2n) is 4.41. The minimum absolute atomic E-state index is 0.245. The lowest BCUT2D eigenvalue weighted by Crippen LogP contribution is -2.07. The standard InChI is InChI=1S/C15H13IN2S/c1-10(11-2-4-12(16)5-3-11)18-15-13-7-9-19-14(13)6-8-17-15/h2-10H,1H3,(H,17,18). The van der Waals surface area contributed by atoms with Gasteiger partial charge in [0.1, 0.15) is 5.82 Å². The zero-order valence-corrected chi connectivity index (χ0v) is 13.4. The highest BCUT2D eigenvalue weighted by atomic mass is 127. The first-order chi connectivity index (χ1) is 9.24. The van der Waals surface area contributed by atoms with E-state index >= 15 is 0 Å². The first-order valence-corrected chi connectivity index (χ1v) is 8.04. The zero-order chi connectivity index (χ0) is 13.2. The van der Waals surface area contributed by atoms with Gasteiger partial charge in [-0.1, -0.05) is 12.1 Å². The number of nitrogens with one attached hydrogen (secondary N) is 1. The highest BCUT2D eigenvalue weighted by Gasteiger charge is 2.09. The van der Waals surface area contributed by atoms with Gasteiger partial charge in [0.2, 0.25) is 0 Å². The van der Waals surface area contributed by atoms with Crippen LogP contribution in [0.2, 0.25) is 0 Å². The van der Waals surface area contributed by atoms with Crippen LogP contribution in [0.15, 0.2) is 48.0 Å². The number of anilines is 1. The number of fused-ring (bicyclic) bond motifs is 1. The number of pyridine rings is 1. The second kappa shape index (κ2) is 5.46. The van der Waals surface area contributed by atoms with E-state index in [0.29, 0.717) is 0 Å². The molecule has 1 aromatic carbocycles. The Morgan fingerprint density at radius 1 is 1.16 bits per heavy atom. The summed E-state index contributed by atoms with van der Waals surface area (Å²) >= 11 is 4.07. The van der Waals surface area contributed by atoms with Gasteiger partial charge in [0.05, 0.1) is 0 Å². The van der Waals surface area contributed by atoms with Crippen LogP contribution in [0, 0.1) is 3.57 Å². The van der Waals surface area contributed by atoms with Crippen LogP contribution in [-0.2, 0) is 0 Å². The van der Waals surface area contributed by atoms with Crippen LogP contribution < -0.4 is 5.32 Å². The highest BCUT2D eigenvalue weighted by molar-refractivity contribution is 14.1. The molecule has 3 rings (SSSR count). The molecule has 96 valence electrons. The third kappa shape index (κ3) is 2.74. The van der Waals surface area contributed by atoms with Crippen LogP contribution >= 0.6 is 33.9 Å². The Kier molecular flexibility index (Phi) is 3.70. The van der Waals surface area contributed by atoms with Gasteiger partial charge in [0.15, 0.2) is 0 Å². The second-order valence-corrected chi connectivity index (χ2v) is 6.60. The minimum Gasteiger partial charge on any atom is -0.363 e. The van der Waals surface area contributed by atoms with E-state index in [2.05, 4.69) is 81.6 Å². The van der Waals surface area contributed by atoms with Crippen LogP contribution in [0.4, 0.5) is 5.82 Å². The molecule has 0 saturated heterocycles. The van der Waals surface area contributed by atoms with Crippen LogP contribution in [0.1, 0.15) is 18.5 Å². The number of halogens is 1. The lowest BCUT2D eigenvalue weighted by Gasteiger charge is -2.15. The van der Waals surface area contributed by atoms with Gasteiger partial charge in [-0.05, 0) is 64.7 Å². The Morgan fingerprint density at radius 3 is 2.74 bits per heavy atom. The highest BCUT2D eigenvalue weighted by Crippen LogP contribution is 2.28. The molecule has 19 heavy (non-hydrogen) atoms. The summed E-state index contributed by atoms with van der Waals surface area (Å²) in [4.78, 5) is 4.46. The summed E-state index contributed by atoms with van der Waals surface area (Å²) in [5.41, 5.74) is 1.27. The fourth-order valence-electron chi connectivity index (χ4n) is 2.05. The van der Waals surface area contributed by atoms with Crippen molar-refractivity contribution in [2.24, 2.45) is 0 Å². The van der Waals surface area contributed by atoms with E-state index in [0.717, 1.165) is 5.82 Å². The van der Waals surface area contributed by atoms with Gasteiger partial charge < -0.3 is 5.32 Å². The molecule has 3 aromatic rings. The van der Waals surface area contributed by atoms with Crippen molar-refractivity contribution in [1.29, 1.82) is 0 Å². The molecule has 4 heteroatoms. The number of nitrogens with zero attached hydrogens (tertiary/aromatic N) is 1. The van der Waals surface area contributed by atoms with Crippen molar-refractivity contribution in [1.82, 2.24) is 4.98 Å². The predicted molar refractivity (Wildman–Crippen MR) is 90.8 cm³/mol. The summed E-state index contributed by atoms with van der Waals surface area (Å²) in [7, 11) is 0. The van der Waals surface area contributed by atoms with E-state index in [9.17, 15) is 0 Å². The third-order valence-corrected chi connectivity index (χ3v) is 4.70. The molecule has 0 radical (unpaired) electrons. The molecular weight excluding hydrogens is 367 g/mol. The summed E-state index contributed by atoms with van der Waals surface area (Å²) in [6, 6.07) is 13.0. The largest absolute Gasteiger partial charge is 0.363 e. The maximum atomic E-state index is 4.46. The van der Waals surface area contributed by atoms with E-state index in [1.165, 1.54) is 19.2 Å². The molecule has 2 aromatic heterocycles. The zero-order valence-electron chi connectivity index (χ0n) is 10.4. The molecule has 0 spiro atoms. The van der Waals surface area contributed by atoms with Crippen LogP contribution in [0.5, 0.6) is 0 Å². The normalized spacial score (nSPS) is 12.5. The third-order valence-electron chi connectivity index (χ3n) is 3.10. The molecule has 0 fully saturated rings. The van der Waals surface area contributed by atoms with E-state index in [-0.39, 0.29) is 6.04 Å². The molecule has 0 saturated carbocycles. The van der Waals surface area contributed by atoms with Crippen molar-refractivity contribution < 1.29 is 0 Å². The van der Waals surface area contributed by atoms with Crippen molar-refractivity contribution in [2.75, 3.05) is 5.32 Å². The number of hydrogen-bond donors (Lipinski definition) is 1. The Bertz CT molecular complexity index is 691. The summed E-state index contributed by atoms with van der Waals surface area (Å²) in [5.74, 6) is 0.963. The van der Waals surface area contributed by atoms with Gasteiger partial charge in [0, 0.05) is 25.9 Å². The number of thiophene rings is 1. The van der Waals surface area contributed by atoms with Gasteiger partial charge in [-0.2, -0.15) is 0 Å². The first kappa shape index (κ1) is 12.9. The lowest BCUT2D eigenvalue weighted by molar-refractivity contribution is 0.877. The maximum Gasteiger partial charge on any atom is 0.135 e. The predicted octanol–water partition coefficient (Wildman–Crippen LogP) is 5.07. The van der Waals surface area contributed by atoms with Crippen molar-refractivity contribution in [3.8, 4) is 0 Å². The van der Waals surface area contributed by atoms with Crippen molar-refractivity contribution >= 4 is 49.8 Å². The monoisotopic (exact) mass is 380 g/mol. The lowest BCUT2D eigenvalue weighted by atomic mass is 10.1. The molecule has 2 heterocycles. The summed E-state index contributed by atoms with van der Waals surface area (Å²) in [6.07, 6.45) is 1.86. The summed E-state index contributed by atoms with van der Waals surface area (Å²) in [6.45, 7) is 2.16. The Labute approximate surface area is 130 Å². The summed E-state index contributed by atoms with van der Waals surface area (Å²) < 4.78 is 2.53. The summed E-state index contributed by atoms with van der Waals surface area (Å²) in [5, 5.41) is 6.80. The van der Waals surface area contributed by atoms with Crippen molar-refractivity contribution in [3.05, 3.63) is 57.1 Å². The molecule has 1 atom stereocenters. The molecule has 0 aliphatic carbocycles. The van der Waals surface area contributed by atoms with Crippen molar-refractivity contribution in [3.63, 3.8) is 0 Å². The molecule has 1 N–H and O–H groups in total. The average molecular weight is 380 g/mol. The van der Waals surface area contributed by atoms with E-state index in [4.69, 9.17) is 0 Å². The topological polar surface area (TPSA) is 24.9 Å². The molecule has 0 amide bonds. The Hall–Kier alpha value is -1.14. The molecule has 0 aliphatic rings. The quantitative estimate of drug-likeness (QED) is 0.642. The van der Waals surface area contributed by atoms with Crippen molar-refractivity contribution in [2.45, 2.75) is 13.0 Å². The molecular formula is C15H13IN2S. The van der Waals surface area contributed by atoms with Gasteiger partial charge in [-0.15, -0.1) is 11.3 Å². The maximum absolute atomic E-state index is 4.46. The fourth-order valence-corrected chi connectivity index (χ4v) is 3.19. The van der Waals surface area contributed by atoms with Gasteiger partial charge >= 0.3 is 0 Å². The number of hydrogen-bond acceptors (Lipinski definition) is 3. The van der Waals surface area contributed by atoms with E-state index < -0.39 is 0 Å². The number of aromatic nitrogens is 1. The van der Waals surface area contributed by atoms with Crippen LogP contribution in [0.25, 0.3) is 10.1 Å². The minimum atomic E-state index is 0.245. The van der Waals surface area contributed by atoms with E-state index in [1.54, 1.807) is 11.3 Å². The fraction of sp³-hybridized carbons (Fsp3) is 0.133. The SMILES string of the molecule is CC(Nc1nccc2sccc12)c1ccc(I)cc1.